The first-order valence-electron chi connectivity index (χ1n) is 7.39. The Morgan fingerprint density at radius 1 is 1.39 bits per heavy atom. The minimum atomic E-state index is 0.263. The molecule has 2 rings (SSSR count). The van der Waals surface area contributed by atoms with Crippen molar-refractivity contribution in [2.45, 2.75) is 43.7 Å². The number of fused-ring (bicyclic) bond motifs is 1. The van der Waals surface area contributed by atoms with Gasteiger partial charge >= 0.3 is 0 Å². The van der Waals surface area contributed by atoms with Crippen LogP contribution in [0.3, 0.4) is 0 Å². The monoisotopic (exact) mass is 271 g/mol. The third kappa shape index (κ3) is 2.72. The Hall–Kier alpha value is 0.230. The van der Waals surface area contributed by atoms with Gasteiger partial charge in [0.1, 0.15) is 0 Å². The Labute approximate surface area is 116 Å². The second kappa shape index (κ2) is 6.60. The van der Waals surface area contributed by atoms with Gasteiger partial charge in [0, 0.05) is 24.7 Å². The Kier molecular flexibility index (Phi) is 5.36. The number of hydrogen-bond donors (Lipinski definition) is 1. The van der Waals surface area contributed by atoms with Crippen LogP contribution in [0.25, 0.3) is 0 Å². The summed E-state index contributed by atoms with van der Waals surface area (Å²) in [6, 6.07) is 0.718. The number of piperidine rings is 1. The van der Waals surface area contributed by atoms with E-state index in [-0.39, 0.29) is 5.54 Å². The predicted octanol–water partition coefficient (Wildman–Crippen LogP) is 1.63. The van der Waals surface area contributed by atoms with Crippen LogP contribution in [0.5, 0.6) is 0 Å². The van der Waals surface area contributed by atoms with Crippen molar-refractivity contribution in [3.8, 4) is 0 Å². The smallest absolute Gasteiger partial charge is 0.0496 e. The van der Waals surface area contributed by atoms with Crippen molar-refractivity contribution >= 4 is 11.8 Å². The normalized spacial score (nSPS) is 33.0. The fraction of sp³-hybridized carbons (Fsp3) is 1.00. The van der Waals surface area contributed by atoms with E-state index in [0.717, 1.165) is 12.6 Å². The molecular formula is C14H29N3S. The minimum absolute atomic E-state index is 0.263. The van der Waals surface area contributed by atoms with Gasteiger partial charge in [-0.2, -0.15) is 11.8 Å². The maximum atomic E-state index is 6.21. The molecule has 2 unspecified atom stereocenters. The van der Waals surface area contributed by atoms with E-state index in [2.05, 4.69) is 23.1 Å². The topological polar surface area (TPSA) is 32.5 Å². The van der Waals surface area contributed by atoms with Crippen LogP contribution in [0.4, 0.5) is 0 Å². The van der Waals surface area contributed by atoms with Crippen molar-refractivity contribution in [3.63, 3.8) is 0 Å². The van der Waals surface area contributed by atoms with Crippen LogP contribution >= 0.6 is 11.8 Å². The molecule has 2 fully saturated rings. The Morgan fingerprint density at radius 2 is 2.22 bits per heavy atom. The second-order valence-corrected chi connectivity index (χ2v) is 6.86. The second-order valence-electron chi connectivity index (χ2n) is 5.87. The summed E-state index contributed by atoms with van der Waals surface area (Å²) in [7, 11) is 2.30. The fourth-order valence-electron chi connectivity index (χ4n) is 3.88. The van der Waals surface area contributed by atoms with E-state index in [1.165, 1.54) is 57.5 Å². The Morgan fingerprint density at radius 3 is 2.94 bits per heavy atom. The van der Waals surface area contributed by atoms with Gasteiger partial charge in [-0.05, 0) is 57.8 Å². The molecule has 2 aliphatic rings. The van der Waals surface area contributed by atoms with Crippen LogP contribution in [0.2, 0.25) is 0 Å². The molecule has 0 saturated carbocycles. The molecule has 0 aromatic heterocycles. The summed E-state index contributed by atoms with van der Waals surface area (Å²) in [6.07, 6.45) is 8.87. The van der Waals surface area contributed by atoms with Gasteiger partial charge in [-0.15, -0.1) is 0 Å². The summed E-state index contributed by atoms with van der Waals surface area (Å²) in [4.78, 5) is 5.28. The number of nitrogens with zero attached hydrogens (tertiary/aromatic N) is 2. The molecule has 0 aliphatic carbocycles. The highest BCUT2D eigenvalue weighted by atomic mass is 32.2. The lowest BCUT2D eigenvalue weighted by atomic mass is 9.84. The first-order chi connectivity index (χ1) is 8.74. The lowest BCUT2D eigenvalue weighted by Gasteiger charge is -2.46. The zero-order valence-electron chi connectivity index (χ0n) is 12.0. The van der Waals surface area contributed by atoms with Crippen LogP contribution < -0.4 is 5.73 Å². The van der Waals surface area contributed by atoms with Gasteiger partial charge in [0.2, 0.25) is 0 Å². The summed E-state index contributed by atoms with van der Waals surface area (Å²) in [6.45, 7) is 4.58. The largest absolute Gasteiger partial charge is 0.329 e. The molecule has 0 aromatic carbocycles. The van der Waals surface area contributed by atoms with Crippen molar-refractivity contribution in [1.29, 1.82) is 0 Å². The number of hydrogen-bond acceptors (Lipinski definition) is 4. The number of rotatable bonds is 6. The van der Waals surface area contributed by atoms with E-state index >= 15 is 0 Å². The molecule has 2 aliphatic heterocycles. The van der Waals surface area contributed by atoms with Crippen LogP contribution in [0, 0.1) is 0 Å². The molecule has 2 heterocycles. The van der Waals surface area contributed by atoms with E-state index in [0.29, 0.717) is 0 Å². The Bertz CT molecular complexity index is 261. The summed E-state index contributed by atoms with van der Waals surface area (Å²) >= 11 is 1.95. The molecule has 3 nitrogen and oxygen atoms in total. The van der Waals surface area contributed by atoms with Gasteiger partial charge in [-0.3, -0.25) is 9.80 Å². The highest BCUT2D eigenvalue weighted by Gasteiger charge is 2.49. The summed E-state index contributed by atoms with van der Waals surface area (Å²) in [5.41, 5.74) is 6.47. The molecule has 0 spiro atoms. The van der Waals surface area contributed by atoms with Crippen LogP contribution in [-0.2, 0) is 0 Å². The number of thioether (sulfide) groups is 1. The van der Waals surface area contributed by atoms with Crippen LogP contribution in [-0.4, -0.2) is 66.6 Å². The fourth-order valence-corrected chi connectivity index (χ4v) is 4.30. The maximum Gasteiger partial charge on any atom is 0.0496 e. The van der Waals surface area contributed by atoms with Crippen molar-refractivity contribution in [2.24, 2.45) is 5.73 Å². The van der Waals surface area contributed by atoms with E-state index < -0.39 is 0 Å². The SMILES string of the molecule is CSCCCN(C)C1(CN)CCN2CCCCC21. The van der Waals surface area contributed by atoms with Crippen LogP contribution in [0.15, 0.2) is 0 Å². The molecule has 0 amide bonds. The van der Waals surface area contributed by atoms with Gasteiger partial charge in [-0.1, -0.05) is 6.42 Å². The van der Waals surface area contributed by atoms with Gasteiger partial charge in [0.25, 0.3) is 0 Å². The molecule has 0 bridgehead atoms. The highest BCUT2D eigenvalue weighted by molar-refractivity contribution is 7.98. The third-order valence-electron chi connectivity index (χ3n) is 5.02. The van der Waals surface area contributed by atoms with Crippen molar-refractivity contribution in [3.05, 3.63) is 0 Å². The lowest BCUT2D eigenvalue weighted by molar-refractivity contribution is 0.0566. The van der Waals surface area contributed by atoms with Gasteiger partial charge in [0.05, 0.1) is 0 Å². The molecule has 2 atom stereocenters. The zero-order valence-corrected chi connectivity index (χ0v) is 12.8. The molecule has 106 valence electrons. The molecule has 0 radical (unpaired) electrons. The highest BCUT2D eigenvalue weighted by Crippen LogP contribution is 2.38. The number of likely N-dealkylation sites (N-methyl/N-ethyl adjacent to an activating group) is 1. The summed E-state index contributed by atoms with van der Waals surface area (Å²) < 4.78 is 0. The standard InChI is InChI=1S/C14H29N3S/c1-16(8-5-11-18-2)14(12-15)7-10-17-9-4-3-6-13(14)17/h13H,3-12,15H2,1-2H3. The predicted molar refractivity (Wildman–Crippen MR) is 81.2 cm³/mol. The maximum absolute atomic E-state index is 6.21. The average Bonchev–Trinajstić information content (AvgIpc) is 2.79. The number of nitrogens with two attached hydrogens (primary N) is 1. The van der Waals surface area contributed by atoms with E-state index in [1.54, 1.807) is 0 Å². The van der Waals surface area contributed by atoms with Crippen LogP contribution in [0.1, 0.15) is 32.1 Å². The van der Waals surface area contributed by atoms with Crippen molar-refractivity contribution in [2.75, 3.05) is 45.2 Å². The molecule has 4 heteroatoms. The Balaban J connectivity index is 2.00. The molecule has 18 heavy (non-hydrogen) atoms. The van der Waals surface area contributed by atoms with E-state index in [1.807, 2.05) is 11.8 Å². The van der Waals surface area contributed by atoms with E-state index in [4.69, 9.17) is 5.73 Å². The lowest BCUT2D eigenvalue weighted by Crippen LogP contribution is -2.60. The summed E-state index contributed by atoms with van der Waals surface area (Å²) in [5.74, 6) is 1.26. The quantitative estimate of drug-likeness (QED) is 0.744. The third-order valence-corrected chi connectivity index (χ3v) is 5.72. The molecule has 2 saturated heterocycles. The van der Waals surface area contributed by atoms with Gasteiger partial charge in [-0.25, -0.2) is 0 Å². The van der Waals surface area contributed by atoms with E-state index in [9.17, 15) is 0 Å². The first-order valence-corrected chi connectivity index (χ1v) is 8.78. The van der Waals surface area contributed by atoms with Gasteiger partial charge < -0.3 is 5.73 Å². The summed E-state index contributed by atoms with van der Waals surface area (Å²) in [5, 5.41) is 0. The zero-order chi connectivity index (χ0) is 13.0. The molecular weight excluding hydrogens is 242 g/mol. The average molecular weight is 271 g/mol. The minimum Gasteiger partial charge on any atom is -0.329 e. The van der Waals surface area contributed by atoms with Gasteiger partial charge in [0.15, 0.2) is 0 Å². The van der Waals surface area contributed by atoms with Crippen molar-refractivity contribution < 1.29 is 0 Å². The van der Waals surface area contributed by atoms with Crippen molar-refractivity contribution in [1.82, 2.24) is 9.80 Å². The first kappa shape index (κ1) is 14.6. The molecule has 2 N–H and O–H groups in total. The molecule has 0 aromatic rings.